The second kappa shape index (κ2) is 9.31. The highest BCUT2D eigenvalue weighted by molar-refractivity contribution is 7.88. The van der Waals surface area contributed by atoms with E-state index in [1.807, 2.05) is 0 Å². The molecule has 0 bridgehead atoms. The summed E-state index contributed by atoms with van der Waals surface area (Å²) in [7, 11) is -2.13. The Morgan fingerprint density at radius 3 is 2.56 bits per heavy atom. The molecular weight excluding hydrogens is 456 g/mol. The molecule has 1 N–H and O–H groups in total. The van der Waals surface area contributed by atoms with Gasteiger partial charge >= 0.3 is 0 Å². The Hall–Kier alpha value is -2.89. The van der Waals surface area contributed by atoms with Crippen LogP contribution in [-0.4, -0.2) is 76.8 Å². The normalized spacial score (nSPS) is 19.4. The van der Waals surface area contributed by atoms with Crippen LogP contribution in [0.3, 0.4) is 0 Å². The number of aromatic nitrogens is 3. The average molecular weight is 479 g/mol. The van der Waals surface area contributed by atoms with Crippen LogP contribution < -0.4 is 5.32 Å². The molecule has 1 aliphatic rings. The third-order valence-corrected chi connectivity index (χ3v) is 6.65. The molecule has 0 unspecified atom stereocenters. The fourth-order valence-corrected chi connectivity index (χ4v) is 5.37. The van der Waals surface area contributed by atoms with Gasteiger partial charge in [0.05, 0.1) is 23.7 Å². The fourth-order valence-electron chi connectivity index (χ4n) is 3.78. The van der Waals surface area contributed by atoms with Gasteiger partial charge in [0.25, 0.3) is 5.91 Å². The predicted molar refractivity (Wildman–Crippen MR) is 119 cm³/mol. The smallest absolute Gasteiger partial charge is 0.269 e. The Morgan fingerprint density at radius 1 is 1.22 bits per heavy atom. The maximum atomic E-state index is 12.6. The van der Waals surface area contributed by atoms with Crippen molar-refractivity contribution in [1.29, 1.82) is 0 Å². The first-order valence-corrected chi connectivity index (χ1v) is 11.9. The van der Waals surface area contributed by atoms with Crippen molar-refractivity contribution in [2.75, 3.05) is 26.4 Å². The fraction of sp³-hybridized carbons (Fsp3) is 0.350. The van der Waals surface area contributed by atoms with Gasteiger partial charge < -0.3 is 10.2 Å². The quantitative estimate of drug-likeness (QED) is 0.506. The van der Waals surface area contributed by atoms with Crippen molar-refractivity contribution in [3.63, 3.8) is 0 Å². The number of amides is 2. The molecule has 0 radical (unpaired) electrons. The van der Waals surface area contributed by atoms with E-state index in [1.165, 1.54) is 29.8 Å². The summed E-state index contributed by atoms with van der Waals surface area (Å²) in [5.74, 6) is -0.680. The molecule has 3 heterocycles. The lowest BCUT2D eigenvalue weighted by atomic mass is 10.0. The third kappa shape index (κ3) is 4.95. The zero-order chi connectivity index (χ0) is 23.6. The number of hydrogen-bond donors (Lipinski definition) is 1. The topological polar surface area (TPSA) is 125 Å². The zero-order valence-electron chi connectivity index (χ0n) is 17.8. The highest BCUT2D eigenvalue weighted by Gasteiger charge is 2.40. The number of piperazine rings is 1. The van der Waals surface area contributed by atoms with E-state index >= 15 is 0 Å². The first-order valence-electron chi connectivity index (χ1n) is 9.67. The van der Waals surface area contributed by atoms with Gasteiger partial charge in [-0.05, 0) is 36.8 Å². The number of pyridine rings is 1. The lowest BCUT2D eigenvalue weighted by molar-refractivity contribution is -0.129. The Labute approximate surface area is 191 Å². The molecular formula is C20H23ClN6O4S. The predicted octanol–water partition coefficient (Wildman–Crippen LogP) is 1.27. The van der Waals surface area contributed by atoms with Gasteiger partial charge in [0.2, 0.25) is 15.9 Å². The van der Waals surface area contributed by atoms with Crippen LogP contribution in [0.1, 0.15) is 29.0 Å². The Morgan fingerprint density at radius 2 is 1.94 bits per heavy atom. The SMILES string of the molecule is C=CC(=O)N1C[C@@H](C)N(S(C)(=O)=O)[C@@H](c2cc(Cl)nc(-c3cc(C(=O)NC)ncn3)c2)C1. The van der Waals surface area contributed by atoms with Crippen LogP contribution >= 0.6 is 11.6 Å². The van der Waals surface area contributed by atoms with Crippen molar-refractivity contribution in [3.8, 4) is 11.4 Å². The second-order valence-corrected chi connectivity index (χ2v) is 9.66. The first kappa shape index (κ1) is 23.8. The number of nitrogens with zero attached hydrogens (tertiary/aromatic N) is 5. The minimum absolute atomic E-state index is 0.117. The van der Waals surface area contributed by atoms with Crippen molar-refractivity contribution in [2.24, 2.45) is 0 Å². The van der Waals surface area contributed by atoms with Crippen LogP contribution in [0.25, 0.3) is 11.4 Å². The molecule has 2 atom stereocenters. The van der Waals surface area contributed by atoms with Crippen LogP contribution in [-0.2, 0) is 14.8 Å². The molecule has 1 aliphatic heterocycles. The molecule has 1 saturated heterocycles. The van der Waals surface area contributed by atoms with Crippen molar-refractivity contribution < 1.29 is 18.0 Å². The molecule has 2 amide bonds. The van der Waals surface area contributed by atoms with Gasteiger partial charge in [-0.2, -0.15) is 4.31 Å². The van der Waals surface area contributed by atoms with Gasteiger partial charge in [0.15, 0.2) is 0 Å². The molecule has 170 valence electrons. The number of sulfonamides is 1. The van der Waals surface area contributed by atoms with Crippen LogP contribution in [0.15, 0.2) is 37.2 Å². The summed E-state index contributed by atoms with van der Waals surface area (Å²) in [5.41, 5.74) is 1.37. The van der Waals surface area contributed by atoms with Gasteiger partial charge in [-0.3, -0.25) is 9.59 Å². The van der Waals surface area contributed by atoms with Crippen molar-refractivity contribution in [3.05, 3.63) is 53.6 Å². The highest BCUT2D eigenvalue weighted by Crippen LogP contribution is 2.34. The third-order valence-electron chi connectivity index (χ3n) is 5.08. The maximum absolute atomic E-state index is 12.6. The van der Waals surface area contributed by atoms with Gasteiger partial charge in [-0.15, -0.1) is 0 Å². The number of carbonyl (C=O) groups is 2. The van der Waals surface area contributed by atoms with Crippen molar-refractivity contribution in [2.45, 2.75) is 19.0 Å². The summed E-state index contributed by atoms with van der Waals surface area (Å²) in [4.78, 5) is 38.1. The Bertz CT molecular complexity index is 1170. The van der Waals surface area contributed by atoms with Gasteiger partial charge in [-0.1, -0.05) is 18.2 Å². The minimum Gasteiger partial charge on any atom is -0.354 e. The monoisotopic (exact) mass is 478 g/mol. The van der Waals surface area contributed by atoms with E-state index in [1.54, 1.807) is 24.0 Å². The van der Waals surface area contributed by atoms with Gasteiger partial charge in [0.1, 0.15) is 17.2 Å². The summed E-state index contributed by atoms with van der Waals surface area (Å²) in [6.45, 7) is 5.62. The van der Waals surface area contributed by atoms with Gasteiger partial charge in [-0.25, -0.2) is 23.4 Å². The molecule has 32 heavy (non-hydrogen) atoms. The maximum Gasteiger partial charge on any atom is 0.269 e. The molecule has 2 aromatic heterocycles. The number of halogens is 1. The van der Waals surface area contributed by atoms with E-state index in [9.17, 15) is 18.0 Å². The Kier molecular flexibility index (Phi) is 6.91. The lowest BCUT2D eigenvalue weighted by Gasteiger charge is -2.44. The molecule has 1 fully saturated rings. The number of hydrogen-bond acceptors (Lipinski definition) is 7. The standard InChI is InChI=1S/C20H23ClN6O4S/c1-5-19(28)26-9-12(2)27(32(4,30)31)17(10-26)13-6-15(25-18(21)7-13)14-8-16(20(29)22-3)24-11-23-14/h5-8,11-12,17H,1,9-10H2,2-4H3,(H,22,29)/t12-,17-/m1/s1. The summed E-state index contributed by atoms with van der Waals surface area (Å²) < 4.78 is 26.6. The van der Waals surface area contributed by atoms with Crippen LogP contribution in [0.5, 0.6) is 0 Å². The summed E-state index contributed by atoms with van der Waals surface area (Å²) >= 11 is 6.27. The van der Waals surface area contributed by atoms with E-state index in [-0.39, 0.29) is 35.8 Å². The van der Waals surface area contributed by atoms with Gasteiger partial charge in [0, 0.05) is 26.2 Å². The van der Waals surface area contributed by atoms with Crippen LogP contribution in [0, 0.1) is 0 Å². The molecule has 0 aromatic carbocycles. The number of carbonyl (C=O) groups excluding carboxylic acids is 2. The Balaban J connectivity index is 2.10. The minimum atomic E-state index is -3.61. The van der Waals surface area contributed by atoms with Crippen LogP contribution in [0.2, 0.25) is 5.15 Å². The van der Waals surface area contributed by atoms with Crippen LogP contribution in [0.4, 0.5) is 0 Å². The molecule has 12 heteroatoms. The molecule has 0 aliphatic carbocycles. The molecule has 2 aromatic rings. The first-order chi connectivity index (χ1) is 15.0. The largest absolute Gasteiger partial charge is 0.354 e. The zero-order valence-corrected chi connectivity index (χ0v) is 19.4. The average Bonchev–Trinajstić information content (AvgIpc) is 2.76. The molecule has 10 nitrogen and oxygen atoms in total. The number of rotatable bonds is 5. The lowest BCUT2D eigenvalue weighted by Crippen LogP contribution is -2.56. The summed E-state index contributed by atoms with van der Waals surface area (Å²) in [6.07, 6.45) is 3.56. The molecule has 0 spiro atoms. The van der Waals surface area contributed by atoms with E-state index < -0.39 is 22.1 Å². The molecule has 0 saturated carbocycles. The summed E-state index contributed by atoms with van der Waals surface area (Å²) in [5, 5.41) is 2.60. The van der Waals surface area contributed by atoms with E-state index in [4.69, 9.17) is 11.6 Å². The van der Waals surface area contributed by atoms with E-state index in [0.29, 0.717) is 17.0 Å². The van der Waals surface area contributed by atoms with E-state index in [0.717, 1.165) is 6.26 Å². The number of nitrogens with one attached hydrogen (secondary N) is 1. The van der Waals surface area contributed by atoms with Crippen molar-refractivity contribution >= 4 is 33.4 Å². The van der Waals surface area contributed by atoms with Crippen molar-refractivity contribution in [1.82, 2.24) is 29.5 Å². The highest BCUT2D eigenvalue weighted by atomic mass is 35.5. The second-order valence-electron chi connectivity index (χ2n) is 7.38. The molecule has 3 rings (SSSR count). The van der Waals surface area contributed by atoms with E-state index in [2.05, 4.69) is 26.8 Å². The summed E-state index contributed by atoms with van der Waals surface area (Å²) in [6, 6.07) is 3.51.